The van der Waals surface area contributed by atoms with Crippen molar-refractivity contribution in [1.29, 1.82) is 0 Å². The van der Waals surface area contributed by atoms with Crippen molar-refractivity contribution >= 4 is 233 Å². The van der Waals surface area contributed by atoms with Crippen molar-refractivity contribution < 1.29 is 38.1 Å². The zero-order valence-electron chi connectivity index (χ0n) is 78.4. The number of carbonyl (C=O) groups is 4. The van der Waals surface area contributed by atoms with Crippen molar-refractivity contribution in [2.75, 3.05) is 57.1 Å². The lowest BCUT2D eigenvalue weighted by Gasteiger charge is -2.25. The molecule has 0 spiro atoms. The Labute approximate surface area is 897 Å². The first-order valence-electron chi connectivity index (χ1n) is 47.1. The van der Waals surface area contributed by atoms with Crippen LogP contribution in [0.5, 0.6) is 0 Å². The number of nitrogen functional groups attached to an aromatic ring is 5. The van der Waals surface area contributed by atoms with Gasteiger partial charge in [-0.15, -0.1) is 10.2 Å². The third-order valence-corrected chi connectivity index (χ3v) is 32.4. The maximum Gasteiger partial charge on any atom is 0.308 e. The van der Waals surface area contributed by atoms with E-state index in [1.165, 1.54) is 128 Å². The molecule has 16 aromatic heterocycles. The first kappa shape index (κ1) is 104. The van der Waals surface area contributed by atoms with Gasteiger partial charge in [-0.1, -0.05) is 25.7 Å². The highest BCUT2D eigenvalue weighted by molar-refractivity contribution is 14.1. The van der Waals surface area contributed by atoms with Gasteiger partial charge in [-0.2, -0.15) is 30.6 Å². The number of nitrogens with one attached hydrogen (secondary N) is 5. The van der Waals surface area contributed by atoms with Crippen molar-refractivity contribution in [3.05, 3.63) is 171 Å². The van der Waals surface area contributed by atoms with Crippen molar-refractivity contribution in [2.24, 2.45) is 23.7 Å². The lowest BCUT2D eigenvalue weighted by atomic mass is 9.81. The Morgan fingerprint density at radius 3 is 0.840 bits per heavy atom. The number of carbonyl (C=O) groups excluding carboxylic acids is 4. The quantitative estimate of drug-likeness (QED) is 0.0309. The minimum absolute atomic E-state index is 0.0104. The van der Waals surface area contributed by atoms with Crippen molar-refractivity contribution in [2.45, 2.75) is 227 Å². The molecule has 0 aromatic carbocycles. The summed E-state index contributed by atoms with van der Waals surface area (Å²) in [7, 11) is 5.70. The van der Waals surface area contributed by atoms with Crippen LogP contribution >= 0.6 is 136 Å². The molecule has 0 bridgehead atoms. The van der Waals surface area contributed by atoms with E-state index >= 15 is 0 Å². The minimum atomic E-state index is -0.301. The van der Waals surface area contributed by atoms with E-state index in [1.807, 2.05) is 31.6 Å². The van der Waals surface area contributed by atoms with Gasteiger partial charge in [-0.25, -0.2) is 90.9 Å². The van der Waals surface area contributed by atoms with E-state index in [9.17, 15) is 43.2 Å². The summed E-state index contributed by atoms with van der Waals surface area (Å²) < 4.78 is 37.3. The number of nitrogens with zero attached hydrogens (tertiary/aromatic N) is 27. The highest BCUT2D eigenvalue weighted by Crippen LogP contribution is 2.44. The lowest BCUT2D eigenvalue weighted by Crippen LogP contribution is -2.24. The van der Waals surface area contributed by atoms with Crippen molar-refractivity contribution in [3.8, 4) is 0 Å². The van der Waals surface area contributed by atoms with Crippen LogP contribution in [0.2, 0.25) is 0 Å². The Bertz CT molecular complexity index is 7620. The second-order valence-corrected chi connectivity index (χ2v) is 42.4. The molecule has 15 N–H and O–H groups in total. The second kappa shape index (κ2) is 46.2. The van der Waals surface area contributed by atoms with Gasteiger partial charge in [0.05, 0.1) is 64.5 Å². The van der Waals surface area contributed by atoms with E-state index in [1.54, 1.807) is 28.8 Å². The smallest absolute Gasteiger partial charge is 0.308 e. The fraction of sp³-hybridized carbons (Fsp3) is 0.500. The van der Waals surface area contributed by atoms with Crippen LogP contribution in [-0.4, -0.2) is 209 Å². The summed E-state index contributed by atoms with van der Waals surface area (Å²) in [6.07, 6.45) is 39.3. The molecule has 0 aliphatic heterocycles. The second-order valence-electron chi connectivity index (χ2n) is 36.2. The van der Waals surface area contributed by atoms with Gasteiger partial charge in [0.2, 0.25) is 11.9 Å². The molecule has 0 amide bonds. The van der Waals surface area contributed by atoms with Crippen LogP contribution in [0.4, 0.5) is 29.4 Å². The van der Waals surface area contributed by atoms with Crippen molar-refractivity contribution in [1.82, 2.24) is 157 Å². The summed E-state index contributed by atoms with van der Waals surface area (Å²) in [4.78, 5) is 165. The Balaban J connectivity index is 0.000000113. The summed E-state index contributed by atoms with van der Waals surface area (Å²) in [6.45, 7) is 0. The molecule has 144 heavy (non-hydrogen) atoms. The number of rotatable bonds is 12. The van der Waals surface area contributed by atoms with E-state index in [2.05, 4.69) is 233 Å². The Hall–Kier alpha value is -11.3. The summed E-state index contributed by atoms with van der Waals surface area (Å²) in [5, 5.41) is 33.5. The third-order valence-electron chi connectivity index (χ3n) is 27.9. The molecule has 0 unspecified atom stereocenters. The van der Waals surface area contributed by atoms with E-state index in [0.29, 0.717) is 76.1 Å². The number of esters is 4. The van der Waals surface area contributed by atoms with Crippen LogP contribution in [0.1, 0.15) is 274 Å². The predicted octanol–water partition coefficient (Wildman–Crippen LogP) is 9.86. The van der Waals surface area contributed by atoms with Crippen molar-refractivity contribution in [3.63, 3.8) is 0 Å². The average molecular weight is 2650 g/mol. The van der Waals surface area contributed by atoms with Gasteiger partial charge >= 0.3 is 23.9 Å². The molecule has 8 aliphatic rings. The number of nitrogens with two attached hydrogens (primary N) is 5. The number of aromatic nitrogens is 32. The highest BCUT2D eigenvalue weighted by atomic mass is 127. The van der Waals surface area contributed by atoms with Crippen LogP contribution in [-0.2, 0) is 38.1 Å². The lowest BCUT2D eigenvalue weighted by molar-refractivity contribution is -0.147. The number of halogens is 6. The Morgan fingerprint density at radius 1 is 0.285 bits per heavy atom. The summed E-state index contributed by atoms with van der Waals surface area (Å²) >= 11 is 12.7. The molecule has 8 fully saturated rings. The molecule has 760 valence electrons. The molecule has 56 heteroatoms. The summed E-state index contributed by atoms with van der Waals surface area (Å²) in [5.74, 6) is 11.0. The maximum absolute atomic E-state index is 12.0. The number of anilines is 5. The van der Waals surface area contributed by atoms with Gasteiger partial charge in [-0.05, 0) is 290 Å². The number of ether oxygens (including phenoxy) is 4. The Morgan fingerprint density at radius 2 is 0.528 bits per heavy atom. The molecule has 24 rings (SSSR count). The molecule has 50 nitrogen and oxygen atoms in total. The molecule has 8 saturated carbocycles. The molecule has 16 heterocycles. The van der Waals surface area contributed by atoms with E-state index in [4.69, 9.17) is 47.6 Å². The van der Waals surface area contributed by atoms with E-state index in [0.717, 1.165) is 206 Å². The van der Waals surface area contributed by atoms with Gasteiger partial charge in [0.25, 0.3) is 27.8 Å². The van der Waals surface area contributed by atoms with E-state index in [-0.39, 0.29) is 111 Å². The molecular weight excluding hydrogens is 2540 g/mol. The molecule has 16 aromatic rings. The van der Waals surface area contributed by atoms with Crippen LogP contribution in [0.15, 0.2) is 74.3 Å². The fourth-order valence-electron chi connectivity index (χ4n) is 19.3. The molecule has 0 saturated heterocycles. The number of imidazole rings is 8. The topological polar surface area (TPSA) is 680 Å². The van der Waals surface area contributed by atoms with Gasteiger partial charge < -0.3 is 62.6 Å². The SMILES string of the molecule is COC(=O)C1CCC(c2nc(I)c3c(=O)[nH]c(N)nn23)CC1.COC(=O)C1CCC(c2nc(I)c3c(=O)[nH]cnn23)CC1.COC(=O)C1CCC(c2nc(I)c3c(N)ncnn23)CC1.COC(=O)C1CCC(c2ncc3c(=O)[nH]c(N)nn23)CC1.Nc1ncnn2c(C3CCC3)nc(I)c12.Nc1ncnn2c(C3CCC3)nc(I)c12.O=c1[nH]cnn2c(C3CCC3)nc(I)c12.O=c1[nH]cnn2c(C3CCC3)ncc12. The zero-order valence-corrected chi connectivity index (χ0v) is 91.3. The zero-order chi connectivity index (χ0) is 102. The standard InChI is InChI=1S/C13H16IN5O3.C13H16IN5O2.C13H15IN4O3.C13H17N5O3.2C9H10IN5.C9H9IN4O.C9H10N4O/c1-22-12(21)7-4-2-6(3-5-7)10-16-9(14)8-11(20)17-13(15)18-19(8)10;1-21-13(20)8-4-2-7(3-5-8)12-18-10(14)9-11(15)16-6-17-19(9)12;1-21-13(20)8-4-2-7(3-5-8)11-17-10(14)9-12(19)15-6-16-18(9)11;1-21-12(20)8-4-2-7(3-5-8)10-15-6-9-11(19)16-13(14)17-18(9)10;2*10-7-6-8(11)12-4-13-15(6)9(14-7)5-2-1-3-5;10-7-6-9(15)11-4-12-14(6)8(13-7)5-2-1-3-5;14-9-7-4-10-8(6-2-1-3-6)13(7)12-5-11-9/h6-7H,2-5H2,1H3,(H3,15,17,18,20);6-8H,2-5H2,1H3,(H2,15,16,17);6-8H,2-5H2,1H3,(H,15,16,19);6-8H,2-5H2,1H3,(H3,14,16,17,19);2*4-5H,1-3H2,(H2,11,12,13);4-5H,1-3H2,(H,11,12,15);4-6H,1-3H2,(H,11,12,14). The summed E-state index contributed by atoms with van der Waals surface area (Å²) in [5.41, 5.74) is 32.6. The number of hydrogen-bond donors (Lipinski definition) is 10. The molecular formula is C88H103I6N37O13. The molecule has 0 radical (unpaired) electrons. The van der Waals surface area contributed by atoms with Gasteiger partial charge in [0.1, 0.15) is 123 Å². The van der Waals surface area contributed by atoms with Gasteiger partial charge in [-0.3, -0.25) is 53.1 Å². The number of methoxy groups -OCH3 is 4. The first-order chi connectivity index (χ1) is 69.5. The summed E-state index contributed by atoms with van der Waals surface area (Å²) in [6, 6.07) is 0. The fourth-order valence-corrected chi connectivity index (χ4v) is 23.7. The normalized spacial score (nSPS) is 20.1. The van der Waals surface area contributed by atoms with Crippen LogP contribution < -0.4 is 56.5 Å². The highest BCUT2D eigenvalue weighted by Gasteiger charge is 2.38. The predicted molar refractivity (Wildman–Crippen MR) is 572 cm³/mol. The maximum atomic E-state index is 12.0. The first-order valence-corrected chi connectivity index (χ1v) is 53.6. The van der Waals surface area contributed by atoms with E-state index < -0.39 is 0 Å². The number of fused-ring (bicyclic) bond motifs is 8. The Kier molecular flexibility index (Phi) is 33.4. The van der Waals surface area contributed by atoms with Crippen LogP contribution in [0.25, 0.3) is 44.1 Å². The van der Waals surface area contributed by atoms with Crippen LogP contribution in [0.3, 0.4) is 0 Å². The number of hydrogen-bond acceptors (Lipinski definition) is 37. The van der Waals surface area contributed by atoms with Gasteiger partial charge in [0, 0.05) is 47.3 Å². The molecule has 8 aliphatic carbocycles. The molecule has 0 atom stereocenters. The largest absolute Gasteiger partial charge is 0.469 e. The minimum Gasteiger partial charge on any atom is -0.469 e. The van der Waals surface area contributed by atoms with Crippen LogP contribution in [0, 0.1) is 45.9 Å². The monoisotopic (exact) mass is 2650 g/mol. The average Bonchev–Trinajstić information content (AvgIpc) is 1.62. The number of H-pyrrole nitrogens is 5. The number of aromatic amines is 5. The van der Waals surface area contributed by atoms with Gasteiger partial charge in [0.15, 0.2) is 45.0 Å². The third kappa shape index (κ3) is 22.2.